The molecule has 0 aromatic heterocycles. The van der Waals surface area contributed by atoms with Crippen molar-refractivity contribution in [3.8, 4) is 6.07 Å². The Bertz CT molecular complexity index is 396. The van der Waals surface area contributed by atoms with Crippen LogP contribution >= 0.6 is 0 Å². The molecule has 1 rings (SSSR count). The lowest BCUT2D eigenvalue weighted by Crippen LogP contribution is -2.06. The van der Waals surface area contributed by atoms with Crippen LogP contribution in [0.5, 0.6) is 0 Å². The average molecular weight is 193 g/mol. The van der Waals surface area contributed by atoms with E-state index in [1.807, 2.05) is 6.07 Å². The van der Waals surface area contributed by atoms with Crippen molar-refractivity contribution in [2.45, 2.75) is 6.42 Å². The van der Waals surface area contributed by atoms with Gasteiger partial charge in [0.1, 0.15) is 5.82 Å². The summed E-state index contributed by atoms with van der Waals surface area (Å²) in [7, 11) is 1.21. The number of benzene rings is 1. The van der Waals surface area contributed by atoms with Crippen LogP contribution in [0, 0.1) is 17.1 Å². The second-order valence-electron chi connectivity index (χ2n) is 2.63. The van der Waals surface area contributed by atoms with Crippen LogP contribution in [0.3, 0.4) is 0 Å². The lowest BCUT2D eigenvalue weighted by molar-refractivity contribution is 0.0599. The Kier molecular flexibility index (Phi) is 3.19. The minimum Gasteiger partial charge on any atom is -0.465 e. The molecule has 0 fully saturated rings. The lowest BCUT2D eigenvalue weighted by atomic mass is 10.1. The van der Waals surface area contributed by atoms with Gasteiger partial charge in [-0.3, -0.25) is 0 Å². The summed E-state index contributed by atoms with van der Waals surface area (Å²) in [5.74, 6) is -1.15. The fourth-order valence-electron chi connectivity index (χ4n) is 1.09. The fourth-order valence-corrected chi connectivity index (χ4v) is 1.09. The maximum absolute atomic E-state index is 12.8. The van der Waals surface area contributed by atoms with E-state index < -0.39 is 11.8 Å². The number of rotatable bonds is 2. The molecule has 0 aliphatic rings. The summed E-state index contributed by atoms with van der Waals surface area (Å²) in [6.45, 7) is 0. The molecular formula is C10H8FNO2. The number of carbonyl (C=O) groups is 1. The molecule has 4 heteroatoms. The molecule has 0 saturated heterocycles. The van der Waals surface area contributed by atoms with Gasteiger partial charge in [-0.2, -0.15) is 5.26 Å². The van der Waals surface area contributed by atoms with Gasteiger partial charge in [0.2, 0.25) is 0 Å². The number of nitrogens with zero attached hydrogens (tertiary/aromatic N) is 1. The van der Waals surface area contributed by atoms with E-state index in [4.69, 9.17) is 5.26 Å². The highest BCUT2D eigenvalue weighted by Gasteiger charge is 2.12. The molecule has 0 atom stereocenters. The molecule has 0 radical (unpaired) electrons. The molecule has 0 amide bonds. The maximum Gasteiger partial charge on any atom is 0.338 e. The first-order chi connectivity index (χ1) is 6.69. The third-order valence-electron chi connectivity index (χ3n) is 1.75. The molecule has 0 unspecified atom stereocenters. The normalized spacial score (nSPS) is 9.21. The highest BCUT2D eigenvalue weighted by molar-refractivity contribution is 5.91. The quantitative estimate of drug-likeness (QED) is 0.671. The minimum absolute atomic E-state index is 0.0602. The van der Waals surface area contributed by atoms with E-state index in [0.717, 1.165) is 6.07 Å². The zero-order valence-electron chi connectivity index (χ0n) is 7.58. The molecule has 14 heavy (non-hydrogen) atoms. The van der Waals surface area contributed by atoms with Crippen LogP contribution in [0.2, 0.25) is 0 Å². The van der Waals surface area contributed by atoms with Crippen molar-refractivity contribution in [2.75, 3.05) is 7.11 Å². The molecule has 0 bridgehead atoms. The summed E-state index contributed by atoms with van der Waals surface area (Å²) in [4.78, 5) is 11.2. The van der Waals surface area contributed by atoms with Crippen molar-refractivity contribution in [1.82, 2.24) is 0 Å². The van der Waals surface area contributed by atoms with E-state index in [9.17, 15) is 9.18 Å². The van der Waals surface area contributed by atoms with E-state index in [0.29, 0.717) is 5.56 Å². The summed E-state index contributed by atoms with van der Waals surface area (Å²) in [5, 5.41) is 8.47. The highest BCUT2D eigenvalue weighted by atomic mass is 19.1. The Morgan fingerprint density at radius 3 is 2.93 bits per heavy atom. The smallest absolute Gasteiger partial charge is 0.338 e. The molecule has 0 aliphatic heterocycles. The molecule has 0 spiro atoms. The van der Waals surface area contributed by atoms with Crippen molar-refractivity contribution in [3.05, 3.63) is 35.1 Å². The van der Waals surface area contributed by atoms with Gasteiger partial charge in [0.25, 0.3) is 0 Å². The number of esters is 1. The van der Waals surface area contributed by atoms with Crippen LogP contribution in [-0.4, -0.2) is 13.1 Å². The van der Waals surface area contributed by atoms with Crippen LogP contribution in [0.25, 0.3) is 0 Å². The average Bonchev–Trinajstić information content (AvgIpc) is 2.20. The van der Waals surface area contributed by atoms with E-state index in [-0.39, 0.29) is 12.0 Å². The number of ether oxygens (including phenoxy) is 1. The van der Waals surface area contributed by atoms with E-state index in [1.165, 1.54) is 19.2 Å². The van der Waals surface area contributed by atoms with Crippen molar-refractivity contribution in [2.24, 2.45) is 0 Å². The topological polar surface area (TPSA) is 50.1 Å². The van der Waals surface area contributed by atoms with Crippen LogP contribution in [0.1, 0.15) is 15.9 Å². The molecule has 1 aromatic rings. The van der Waals surface area contributed by atoms with Gasteiger partial charge in [-0.05, 0) is 17.7 Å². The van der Waals surface area contributed by atoms with Crippen LogP contribution in [0.4, 0.5) is 4.39 Å². The number of hydrogen-bond acceptors (Lipinski definition) is 3. The lowest BCUT2D eigenvalue weighted by Gasteiger charge is -2.04. The molecule has 0 heterocycles. The van der Waals surface area contributed by atoms with Gasteiger partial charge in [0.05, 0.1) is 25.2 Å². The predicted molar refractivity (Wildman–Crippen MR) is 47.1 cm³/mol. The molecule has 72 valence electrons. The molecule has 1 aromatic carbocycles. The van der Waals surface area contributed by atoms with E-state index in [1.54, 1.807) is 0 Å². The summed E-state index contributed by atoms with van der Waals surface area (Å²) < 4.78 is 17.3. The number of nitriles is 1. The van der Waals surface area contributed by atoms with Crippen LogP contribution in [0.15, 0.2) is 18.2 Å². The first kappa shape index (κ1) is 10.2. The Hall–Kier alpha value is -1.89. The molecule has 3 nitrogen and oxygen atoms in total. The number of hydrogen-bond donors (Lipinski definition) is 0. The first-order valence-electron chi connectivity index (χ1n) is 3.92. The van der Waals surface area contributed by atoms with E-state index >= 15 is 0 Å². The maximum atomic E-state index is 12.8. The third kappa shape index (κ3) is 2.07. The van der Waals surface area contributed by atoms with Gasteiger partial charge in [0, 0.05) is 0 Å². The monoisotopic (exact) mass is 193 g/mol. The summed E-state index contributed by atoms with van der Waals surface area (Å²) >= 11 is 0. The zero-order chi connectivity index (χ0) is 10.6. The molecule has 0 saturated carbocycles. The fraction of sp³-hybridized carbons (Fsp3) is 0.200. The van der Waals surface area contributed by atoms with Gasteiger partial charge >= 0.3 is 5.97 Å². The van der Waals surface area contributed by atoms with Gasteiger partial charge < -0.3 is 4.74 Å². The molecule has 0 N–H and O–H groups in total. The van der Waals surface area contributed by atoms with Gasteiger partial charge in [0.15, 0.2) is 0 Å². The number of halogens is 1. The number of carbonyl (C=O) groups excluding carboxylic acids is 1. The SMILES string of the molecule is COC(=O)c1cc(F)ccc1CC#N. The second-order valence-corrected chi connectivity index (χ2v) is 2.63. The van der Waals surface area contributed by atoms with Gasteiger partial charge in [-0.15, -0.1) is 0 Å². The third-order valence-corrected chi connectivity index (χ3v) is 1.75. The van der Waals surface area contributed by atoms with E-state index in [2.05, 4.69) is 4.74 Å². The van der Waals surface area contributed by atoms with Crippen molar-refractivity contribution in [3.63, 3.8) is 0 Å². The van der Waals surface area contributed by atoms with Gasteiger partial charge in [-0.25, -0.2) is 9.18 Å². The summed E-state index contributed by atoms with van der Waals surface area (Å²) in [5.41, 5.74) is 0.579. The Labute approximate surface area is 80.7 Å². The Morgan fingerprint density at radius 1 is 1.64 bits per heavy atom. The van der Waals surface area contributed by atoms with Gasteiger partial charge in [-0.1, -0.05) is 6.07 Å². The zero-order valence-corrected chi connectivity index (χ0v) is 7.58. The predicted octanol–water partition coefficient (Wildman–Crippen LogP) is 1.68. The Morgan fingerprint density at radius 2 is 2.36 bits per heavy atom. The number of methoxy groups -OCH3 is 1. The summed E-state index contributed by atoms with van der Waals surface area (Å²) in [6, 6.07) is 5.58. The van der Waals surface area contributed by atoms with Crippen molar-refractivity contribution in [1.29, 1.82) is 5.26 Å². The van der Waals surface area contributed by atoms with Crippen molar-refractivity contribution >= 4 is 5.97 Å². The Balaban J connectivity index is 3.16. The van der Waals surface area contributed by atoms with Crippen LogP contribution < -0.4 is 0 Å². The first-order valence-corrected chi connectivity index (χ1v) is 3.92. The van der Waals surface area contributed by atoms with Crippen molar-refractivity contribution < 1.29 is 13.9 Å². The minimum atomic E-state index is -0.630. The highest BCUT2D eigenvalue weighted by Crippen LogP contribution is 2.12. The molecule has 0 aliphatic carbocycles. The molecular weight excluding hydrogens is 185 g/mol. The standard InChI is InChI=1S/C10H8FNO2/c1-14-10(13)9-6-8(11)3-2-7(9)4-5-12/h2-3,6H,4H2,1H3. The second kappa shape index (κ2) is 4.38. The largest absolute Gasteiger partial charge is 0.465 e. The van der Waals surface area contributed by atoms with Crippen LogP contribution in [-0.2, 0) is 11.2 Å². The summed E-state index contributed by atoms with van der Waals surface area (Å²) in [6.07, 6.45) is 0.0602.